The number of hydrogen-bond acceptors (Lipinski definition) is 5. The van der Waals surface area contributed by atoms with Crippen molar-refractivity contribution in [1.29, 1.82) is 0 Å². The largest absolute Gasteiger partial charge is 0.342 e. The summed E-state index contributed by atoms with van der Waals surface area (Å²) >= 11 is 0. The summed E-state index contributed by atoms with van der Waals surface area (Å²) in [6, 6.07) is 21.9. The summed E-state index contributed by atoms with van der Waals surface area (Å²) in [5.41, 5.74) is 1.47. The number of likely N-dealkylation sites (N-methyl/N-ethyl adjacent to an activating group) is 1. The Morgan fingerprint density at radius 2 is 1.64 bits per heavy atom. The van der Waals surface area contributed by atoms with Gasteiger partial charge in [-0.1, -0.05) is 93.6 Å². The molecule has 0 aliphatic carbocycles. The Morgan fingerprint density at radius 1 is 0.955 bits per heavy atom. The number of nitrogens with zero attached hydrogens (tertiary/aromatic N) is 3. The molecule has 4 atom stereocenters. The van der Waals surface area contributed by atoms with E-state index in [0.717, 1.165) is 21.9 Å². The molecule has 0 spiro atoms. The Hall–Kier alpha value is -4.24. The Kier molecular flexibility index (Phi) is 9.06. The minimum absolute atomic E-state index is 0.115. The van der Waals surface area contributed by atoms with Crippen molar-refractivity contribution in [2.24, 2.45) is 5.41 Å². The third-order valence-corrected chi connectivity index (χ3v) is 8.91. The summed E-state index contributed by atoms with van der Waals surface area (Å²) < 4.78 is 0. The van der Waals surface area contributed by atoms with E-state index < -0.39 is 29.7 Å². The van der Waals surface area contributed by atoms with Gasteiger partial charge >= 0.3 is 0 Å². The van der Waals surface area contributed by atoms with Crippen LogP contribution in [0.3, 0.4) is 0 Å². The molecule has 0 radical (unpaired) electrons. The fourth-order valence-electron chi connectivity index (χ4n) is 6.25. The number of hydrogen-bond donors (Lipinski definition) is 2. The first-order valence-corrected chi connectivity index (χ1v) is 15.4. The van der Waals surface area contributed by atoms with Gasteiger partial charge in [0.15, 0.2) is 0 Å². The first-order valence-electron chi connectivity index (χ1n) is 15.4. The lowest BCUT2D eigenvalue weighted by Gasteiger charge is -2.45. The zero-order chi connectivity index (χ0) is 31.6. The summed E-state index contributed by atoms with van der Waals surface area (Å²) in [5, 5.41) is 7.95. The average Bonchev–Trinajstić information content (AvgIpc) is 3.35. The third kappa shape index (κ3) is 6.33. The predicted octanol–water partition coefficient (Wildman–Crippen LogP) is 2.97. The molecular weight excluding hydrogens is 554 g/mol. The van der Waals surface area contributed by atoms with Gasteiger partial charge in [0.2, 0.25) is 23.6 Å². The van der Waals surface area contributed by atoms with Crippen LogP contribution < -0.4 is 10.6 Å². The van der Waals surface area contributed by atoms with Gasteiger partial charge in [0.1, 0.15) is 24.8 Å². The Balaban J connectivity index is 1.48. The fourth-order valence-corrected chi connectivity index (χ4v) is 6.25. The average molecular weight is 598 g/mol. The van der Waals surface area contributed by atoms with Crippen LogP contribution in [0.1, 0.15) is 38.8 Å². The topological polar surface area (TPSA) is 102 Å². The Bertz CT molecular complexity index is 1530. The third-order valence-electron chi connectivity index (χ3n) is 8.91. The smallest absolute Gasteiger partial charge is 0.247 e. The highest BCUT2D eigenvalue weighted by molar-refractivity contribution is 5.97. The van der Waals surface area contributed by atoms with E-state index >= 15 is 0 Å². The number of amides is 4. The summed E-state index contributed by atoms with van der Waals surface area (Å²) in [6.07, 6.45) is 0.364. The molecule has 0 bridgehead atoms. The second-order valence-corrected chi connectivity index (χ2v) is 12.9. The fraction of sp³-hybridized carbons (Fsp3) is 0.429. The van der Waals surface area contributed by atoms with Gasteiger partial charge < -0.3 is 25.3 Å². The minimum atomic E-state index is -0.856. The number of rotatable bonds is 9. The summed E-state index contributed by atoms with van der Waals surface area (Å²) in [7, 11) is 1.69. The van der Waals surface area contributed by atoms with E-state index in [2.05, 4.69) is 10.6 Å². The summed E-state index contributed by atoms with van der Waals surface area (Å²) in [4.78, 5) is 60.0. The number of piperazine rings is 1. The molecule has 0 aromatic heterocycles. The molecule has 2 N–H and O–H groups in total. The molecule has 3 aromatic rings. The first kappa shape index (κ1) is 31.2. The Morgan fingerprint density at radius 3 is 2.34 bits per heavy atom. The van der Waals surface area contributed by atoms with Crippen LogP contribution in [0.15, 0.2) is 72.8 Å². The van der Waals surface area contributed by atoms with Gasteiger partial charge in [-0.25, -0.2) is 0 Å². The lowest BCUT2D eigenvalue weighted by molar-refractivity contribution is -0.156. The highest BCUT2D eigenvalue weighted by Crippen LogP contribution is 2.32. The van der Waals surface area contributed by atoms with Crippen molar-refractivity contribution in [2.75, 3.05) is 26.7 Å². The maximum atomic E-state index is 14.3. The van der Waals surface area contributed by atoms with Gasteiger partial charge in [-0.05, 0) is 47.7 Å². The van der Waals surface area contributed by atoms with Crippen molar-refractivity contribution < 1.29 is 19.2 Å². The molecule has 4 amide bonds. The molecule has 9 nitrogen and oxygen atoms in total. The molecule has 44 heavy (non-hydrogen) atoms. The normalized spacial score (nSPS) is 20.1. The van der Waals surface area contributed by atoms with E-state index in [-0.39, 0.29) is 36.7 Å². The number of carbonyl (C=O) groups is 4. The first-order chi connectivity index (χ1) is 21.0. The van der Waals surface area contributed by atoms with E-state index in [1.165, 1.54) is 0 Å². The molecule has 9 heteroatoms. The molecule has 2 heterocycles. The van der Waals surface area contributed by atoms with Crippen molar-refractivity contribution in [3.8, 4) is 0 Å². The molecular formula is C35H43N5O4. The molecule has 2 aliphatic rings. The maximum absolute atomic E-state index is 14.3. The molecule has 0 saturated carbocycles. The van der Waals surface area contributed by atoms with Gasteiger partial charge in [-0.3, -0.25) is 19.2 Å². The molecule has 2 fully saturated rings. The minimum Gasteiger partial charge on any atom is -0.342 e. The summed E-state index contributed by atoms with van der Waals surface area (Å²) in [6.45, 7) is 7.97. The highest BCUT2D eigenvalue weighted by atomic mass is 16.2. The Labute approximate surface area is 259 Å². The number of benzene rings is 3. The number of carbonyl (C=O) groups excluding carboxylic acids is 4. The van der Waals surface area contributed by atoms with E-state index in [1.54, 1.807) is 28.7 Å². The molecule has 2 saturated heterocycles. The molecule has 232 valence electrons. The van der Waals surface area contributed by atoms with Crippen LogP contribution in [0, 0.1) is 5.41 Å². The predicted molar refractivity (Wildman–Crippen MR) is 170 cm³/mol. The van der Waals surface area contributed by atoms with Gasteiger partial charge in [-0.15, -0.1) is 0 Å². The second-order valence-electron chi connectivity index (χ2n) is 12.9. The van der Waals surface area contributed by atoms with Crippen LogP contribution in [-0.2, 0) is 32.0 Å². The SMILES string of the molecule is CNC(C)C(=O)NC(C(=O)N1CC(=O)N2[C@@H]1CN(CCc1ccccc1)C(=O)[C@@H]2Cc1cccc2ccccc12)C(C)(C)C. The van der Waals surface area contributed by atoms with Gasteiger partial charge in [0.25, 0.3) is 0 Å². The van der Waals surface area contributed by atoms with Crippen LogP contribution in [0.4, 0.5) is 0 Å². The van der Waals surface area contributed by atoms with Crippen molar-refractivity contribution in [1.82, 2.24) is 25.3 Å². The summed E-state index contributed by atoms with van der Waals surface area (Å²) in [5.74, 6) is -0.986. The van der Waals surface area contributed by atoms with E-state index in [1.807, 2.05) is 93.6 Å². The van der Waals surface area contributed by atoms with Crippen molar-refractivity contribution in [3.05, 3.63) is 83.9 Å². The van der Waals surface area contributed by atoms with Crippen LogP contribution >= 0.6 is 0 Å². The highest BCUT2D eigenvalue weighted by Gasteiger charge is 2.53. The van der Waals surface area contributed by atoms with E-state index in [4.69, 9.17) is 0 Å². The van der Waals surface area contributed by atoms with Crippen LogP contribution in [0.5, 0.6) is 0 Å². The van der Waals surface area contributed by atoms with Crippen LogP contribution in [0.2, 0.25) is 0 Å². The second kappa shape index (κ2) is 12.8. The van der Waals surface area contributed by atoms with Gasteiger partial charge in [0, 0.05) is 13.0 Å². The quantitative estimate of drug-likeness (QED) is 0.395. The molecule has 2 aliphatic heterocycles. The van der Waals surface area contributed by atoms with E-state index in [9.17, 15) is 19.2 Å². The zero-order valence-corrected chi connectivity index (χ0v) is 26.2. The molecule has 3 aromatic carbocycles. The van der Waals surface area contributed by atoms with Crippen molar-refractivity contribution in [2.45, 2.75) is 64.8 Å². The van der Waals surface area contributed by atoms with Crippen molar-refractivity contribution in [3.63, 3.8) is 0 Å². The standard InChI is InChI=1S/C35H43N5O4/c1-23(36-5)32(42)37-31(35(2,3)4)34(44)39-22-30(41)40-28(20-26-16-11-15-25-14-9-10-17-27(25)26)33(43)38(21-29(39)40)19-18-24-12-7-6-8-13-24/h6-17,23,28-29,31,36H,18-22H2,1-5H3,(H,37,42)/t23?,28-,29+,31?/m0/s1. The monoisotopic (exact) mass is 597 g/mol. The van der Waals surface area contributed by atoms with Crippen LogP contribution in [-0.4, -0.2) is 89.3 Å². The van der Waals surface area contributed by atoms with Crippen molar-refractivity contribution >= 4 is 34.4 Å². The lowest BCUT2D eigenvalue weighted by atomic mass is 9.85. The molecule has 2 unspecified atom stereocenters. The molecule has 5 rings (SSSR count). The lowest BCUT2D eigenvalue weighted by Crippen LogP contribution is -2.66. The number of fused-ring (bicyclic) bond motifs is 2. The van der Waals surface area contributed by atoms with Gasteiger partial charge in [0.05, 0.1) is 12.6 Å². The number of nitrogens with one attached hydrogen (secondary N) is 2. The van der Waals surface area contributed by atoms with E-state index in [0.29, 0.717) is 19.4 Å². The van der Waals surface area contributed by atoms with Gasteiger partial charge in [-0.2, -0.15) is 0 Å². The van der Waals surface area contributed by atoms with Crippen LogP contribution in [0.25, 0.3) is 10.8 Å². The maximum Gasteiger partial charge on any atom is 0.247 e. The zero-order valence-electron chi connectivity index (χ0n) is 26.2.